The topological polar surface area (TPSA) is 259 Å². The van der Waals surface area contributed by atoms with Crippen LogP contribution in [0.1, 0.15) is 59.8 Å². The van der Waals surface area contributed by atoms with Crippen LogP contribution < -0.4 is 30.7 Å². The van der Waals surface area contributed by atoms with E-state index in [4.69, 9.17) is 0 Å². The predicted molar refractivity (Wildman–Crippen MR) is 319 cm³/mol. The smallest absolute Gasteiger partial charge is 0.147 e. The second-order valence-corrected chi connectivity index (χ2v) is 23.3. The van der Waals surface area contributed by atoms with Gasteiger partial charge in [-0.15, -0.1) is 0 Å². The van der Waals surface area contributed by atoms with Crippen molar-refractivity contribution in [2.75, 3.05) is 68.1 Å². The molecule has 10 heterocycles. The average Bonchev–Trinajstić information content (AvgIpc) is 4.46. The average molecular weight is 1110 g/mol. The minimum Gasteiger partial charge on any atom is -0.507 e. The first kappa shape index (κ1) is 55.1. The van der Waals surface area contributed by atoms with Crippen molar-refractivity contribution in [1.29, 1.82) is 0 Å². The van der Waals surface area contributed by atoms with Crippen LogP contribution in [0.25, 0.3) is 61.7 Å². The molecule has 9 aromatic rings. The minimum atomic E-state index is 0.0656. The van der Waals surface area contributed by atoms with E-state index in [2.05, 4.69) is 128 Å². The highest BCUT2D eigenvalue weighted by molar-refractivity contribution is 5.75. The highest BCUT2D eigenvalue weighted by atomic mass is 16.3. The maximum absolute atomic E-state index is 10.5. The van der Waals surface area contributed by atoms with Gasteiger partial charge in [0.25, 0.3) is 0 Å². The zero-order valence-electron chi connectivity index (χ0n) is 47.3. The van der Waals surface area contributed by atoms with Gasteiger partial charge in [-0.05, 0) is 133 Å². The molecule has 0 unspecified atom stereocenters. The summed E-state index contributed by atoms with van der Waals surface area (Å²) in [6.07, 6.45) is 26.7. The predicted octanol–water partition coefficient (Wildman–Crippen LogP) is 8.25. The minimum absolute atomic E-state index is 0.0656. The second-order valence-electron chi connectivity index (χ2n) is 23.3. The number of anilines is 3. The molecule has 21 nitrogen and oxygen atoms in total. The molecule has 0 saturated carbocycles. The molecule has 3 aromatic carbocycles. The molecule has 4 saturated heterocycles. The van der Waals surface area contributed by atoms with E-state index in [0.717, 1.165) is 110 Å². The molecule has 424 valence electrons. The molecule has 4 fully saturated rings. The van der Waals surface area contributed by atoms with Crippen LogP contribution in [0.5, 0.6) is 17.2 Å². The number of hydrogen-bond donors (Lipinski definition) is 8. The van der Waals surface area contributed by atoms with Crippen molar-refractivity contribution < 1.29 is 15.3 Å². The Balaban J connectivity index is 0.000000129. The molecule has 0 radical (unpaired) electrons. The number of rotatable bonds is 11. The fraction of sp³-hybridized carbons (Fsp3) is 0.361. The lowest BCUT2D eigenvalue weighted by atomic mass is 9.79. The quantitative estimate of drug-likeness (QED) is 0.0606. The molecule has 0 amide bonds. The van der Waals surface area contributed by atoms with Crippen LogP contribution in [-0.4, -0.2) is 152 Å². The lowest BCUT2D eigenvalue weighted by molar-refractivity contribution is 0.160. The van der Waals surface area contributed by atoms with E-state index in [0.29, 0.717) is 51.3 Å². The summed E-state index contributed by atoms with van der Waals surface area (Å²) >= 11 is 0. The maximum atomic E-state index is 10.5. The SMILES string of the molecule is CN(c1cnc(-c2ccc(-c3cn[nH]c3)cc2O)cn1)C1CCNCC1.CN(c1cnc(-c2ccc(-n3cccn3)cc2O)cn1)C1CC(C)(C)NC(C)(C)C1.Oc1cc(-c2cn[nH]c2)ccc1-c1cnc(N2CC3(CCNC3)C2)cn1. The Hall–Kier alpha value is -8.79. The normalized spacial score (nSPS) is 17.3. The number of nitrogens with zero attached hydrogens (tertiary/aromatic N) is 13. The fourth-order valence-corrected chi connectivity index (χ4v) is 12.0. The van der Waals surface area contributed by atoms with Gasteiger partial charge in [0.15, 0.2) is 0 Å². The second kappa shape index (κ2) is 23.4. The van der Waals surface area contributed by atoms with E-state index < -0.39 is 0 Å². The molecule has 82 heavy (non-hydrogen) atoms. The highest BCUT2D eigenvalue weighted by Crippen LogP contribution is 2.40. The number of hydrogen-bond acceptors (Lipinski definition) is 18. The van der Waals surface area contributed by atoms with E-state index in [1.807, 2.05) is 48.7 Å². The van der Waals surface area contributed by atoms with Gasteiger partial charge in [0.05, 0.1) is 72.3 Å². The molecule has 0 atom stereocenters. The maximum Gasteiger partial charge on any atom is 0.147 e. The number of nitrogens with one attached hydrogen (secondary N) is 5. The number of piperidine rings is 2. The number of aromatic amines is 2. The lowest BCUT2D eigenvalue weighted by Crippen LogP contribution is -2.62. The lowest BCUT2D eigenvalue weighted by Gasteiger charge is -2.49. The molecule has 1 spiro atoms. The Bertz CT molecular complexity index is 3500. The van der Waals surface area contributed by atoms with E-state index in [9.17, 15) is 15.3 Å². The molecule has 0 bridgehead atoms. The third-order valence-electron chi connectivity index (χ3n) is 16.2. The van der Waals surface area contributed by atoms with Gasteiger partial charge < -0.3 is 46.0 Å². The summed E-state index contributed by atoms with van der Waals surface area (Å²) in [5, 5.41) is 59.5. The molecular formula is C61H72N18O3. The van der Waals surface area contributed by atoms with E-state index in [-0.39, 0.29) is 28.3 Å². The molecule has 0 aliphatic carbocycles. The number of phenolic OH excluding ortho intramolecular Hbond substituents is 3. The first-order valence-corrected chi connectivity index (χ1v) is 27.9. The van der Waals surface area contributed by atoms with Gasteiger partial charge in [-0.2, -0.15) is 15.3 Å². The molecular weight excluding hydrogens is 1030 g/mol. The van der Waals surface area contributed by atoms with Gasteiger partial charge in [-0.3, -0.25) is 25.1 Å². The third kappa shape index (κ3) is 12.4. The van der Waals surface area contributed by atoms with Crippen LogP contribution in [-0.2, 0) is 0 Å². The van der Waals surface area contributed by atoms with Crippen LogP contribution in [0.2, 0.25) is 0 Å². The van der Waals surface area contributed by atoms with Gasteiger partial charge in [0, 0.05) is 121 Å². The number of benzene rings is 3. The van der Waals surface area contributed by atoms with Crippen LogP contribution in [0.15, 0.2) is 135 Å². The van der Waals surface area contributed by atoms with Crippen molar-refractivity contribution >= 4 is 17.5 Å². The van der Waals surface area contributed by atoms with Crippen molar-refractivity contribution in [3.63, 3.8) is 0 Å². The van der Waals surface area contributed by atoms with E-state index in [1.165, 1.54) is 6.42 Å². The molecule has 13 rings (SSSR count). The summed E-state index contributed by atoms with van der Waals surface area (Å²) in [6.45, 7) is 15.4. The Labute approximate surface area is 477 Å². The number of phenols is 3. The number of H-pyrrole nitrogens is 2. The van der Waals surface area contributed by atoms with Crippen LogP contribution in [0.4, 0.5) is 17.5 Å². The third-order valence-corrected chi connectivity index (χ3v) is 16.2. The highest BCUT2D eigenvalue weighted by Gasteiger charge is 2.45. The van der Waals surface area contributed by atoms with Gasteiger partial charge in [0.1, 0.15) is 34.7 Å². The summed E-state index contributed by atoms with van der Waals surface area (Å²) in [6, 6.07) is 19.2. The van der Waals surface area contributed by atoms with Gasteiger partial charge in [-0.25, -0.2) is 19.6 Å². The monoisotopic (exact) mass is 1100 g/mol. The number of aromatic hydroxyl groups is 3. The first-order chi connectivity index (χ1) is 39.6. The van der Waals surface area contributed by atoms with Crippen molar-refractivity contribution in [1.82, 2.24) is 76.0 Å². The Morgan fingerprint density at radius 1 is 0.561 bits per heavy atom. The number of aromatic nitrogens is 12. The van der Waals surface area contributed by atoms with Gasteiger partial charge in [0.2, 0.25) is 0 Å². The van der Waals surface area contributed by atoms with E-state index >= 15 is 0 Å². The molecule has 21 heteroatoms. The van der Waals surface area contributed by atoms with Crippen molar-refractivity contribution in [2.24, 2.45) is 5.41 Å². The van der Waals surface area contributed by atoms with E-state index in [1.54, 1.807) is 91.0 Å². The summed E-state index contributed by atoms with van der Waals surface area (Å²) in [7, 11) is 4.15. The van der Waals surface area contributed by atoms with Crippen LogP contribution in [0.3, 0.4) is 0 Å². The zero-order chi connectivity index (χ0) is 57.0. The van der Waals surface area contributed by atoms with Crippen LogP contribution in [0, 0.1) is 5.41 Å². The van der Waals surface area contributed by atoms with Crippen LogP contribution >= 0.6 is 0 Å². The first-order valence-electron chi connectivity index (χ1n) is 27.9. The Morgan fingerprint density at radius 3 is 1.55 bits per heavy atom. The molecule has 6 aromatic heterocycles. The van der Waals surface area contributed by atoms with Gasteiger partial charge in [-0.1, -0.05) is 12.1 Å². The Morgan fingerprint density at radius 2 is 1.10 bits per heavy atom. The van der Waals surface area contributed by atoms with Gasteiger partial charge >= 0.3 is 0 Å². The Kier molecular flexibility index (Phi) is 15.7. The largest absolute Gasteiger partial charge is 0.507 e. The summed E-state index contributed by atoms with van der Waals surface area (Å²) in [5.41, 5.74) is 8.98. The fourth-order valence-electron chi connectivity index (χ4n) is 12.0. The molecule has 4 aliphatic heterocycles. The van der Waals surface area contributed by atoms with Crippen molar-refractivity contribution in [3.05, 3.63) is 135 Å². The van der Waals surface area contributed by atoms with Crippen molar-refractivity contribution in [2.45, 2.75) is 83.0 Å². The molecule has 4 aliphatic rings. The molecule has 8 N–H and O–H groups in total. The standard InChI is InChI=1S/C23H30N6O.C19H20N6O.C19H22N6O/c1-22(2)12-17(13-23(3,4)27-22)28(5)21-15-24-19(14-25-21)18-8-7-16(11-20(18)30)29-10-6-9-26-29;26-17-5-13(14-6-23-24-7-14)1-2-15(17)16-8-22-18(9-21-16)25-11-19(12-25)3-4-20-10-19;1-25(15-4-6-20-7-5-15)19-12-21-17(11-22-19)16-3-2-13(8-18(16)26)14-9-23-24-10-14/h6-11,14-15,17,27,30H,12-13H2,1-5H3;1-2,5-9,20,26H,3-4,10-12H2,(H,23,24);2-3,8-12,15,20,26H,4-7H2,1H3,(H,23,24). The van der Waals surface area contributed by atoms with Crippen molar-refractivity contribution in [3.8, 4) is 79.0 Å². The zero-order valence-corrected chi connectivity index (χ0v) is 47.3. The summed E-state index contributed by atoms with van der Waals surface area (Å²) in [5.74, 6) is 3.12. The summed E-state index contributed by atoms with van der Waals surface area (Å²) in [4.78, 5) is 34.1. The summed E-state index contributed by atoms with van der Waals surface area (Å²) < 4.78 is 1.70.